The molecule has 1 saturated heterocycles. The van der Waals surface area contributed by atoms with Crippen LogP contribution in [0, 0.1) is 13.3 Å². The molecule has 4 bridgehead atoms. The Bertz CT molecular complexity index is 1360. The number of halogens is 2. The third-order valence-corrected chi connectivity index (χ3v) is 9.55. The molecule has 3 aliphatic rings. The molecule has 0 spiro atoms. The van der Waals surface area contributed by atoms with Crippen LogP contribution in [0.5, 0.6) is 0 Å². The van der Waals surface area contributed by atoms with Gasteiger partial charge in [0.05, 0.1) is 0 Å². The van der Waals surface area contributed by atoms with E-state index >= 15 is 0 Å². The summed E-state index contributed by atoms with van der Waals surface area (Å²) in [6, 6.07) is 39.9. The Morgan fingerprint density at radius 3 is 0.959 bits per heavy atom. The zero-order chi connectivity index (χ0) is 33.7. The van der Waals surface area contributed by atoms with E-state index in [0.717, 1.165) is 91.1 Å². The van der Waals surface area contributed by atoms with Gasteiger partial charge >= 0.3 is 35.0 Å². The molecule has 4 aromatic carbocycles. The van der Waals surface area contributed by atoms with E-state index in [1.807, 2.05) is 0 Å². The fraction of sp³-hybridized carbons (Fsp3) is 0.350. The molecule has 0 radical (unpaired) electrons. The van der Waals surface area contributed by atoms with Gasteiger partial charge in [0.2, 0.25) is 0 Å². The second-order valence-corrected chi connectivity index (χ2v) is 15.3. The van der Waals surface area contributed by atoms with E-state index in [4.69, 9.17) is 19.1 Å². The van der Waals surface area contributed by atoms with Crippen molar-refractivity contribution in [2.24, 2.45) is 0 Å². The first kappa shape index (κ1) is 36.0. The maximum Gasteiger partial charge on any atom is 0.0299 e. The molecule has 0 amide bonds. The number of benzene rings is 4. The summed E-state index contributed by atoms with van der Waals surface area (Å²) in [5.74, 6) is 0. The molecular weight excluding hydrogens is 742 g/mol. The average Bonchev–Trinajstić information content (AvgIpc) is 3.66. The van der Waals surface area contributed by atoms with Crippen molar-refractivity contribution in [3.05, 3.63) is 134 Å². The first-order chi connectivity index (χ1) is 24.2. The maximum atomic E-state index is 4.81. The quantitative estimate of drug-likeness (QED) is 0.151. The first-order valence-corrected chi connectivity index (χ1v) is 21.5. The third-order valence-electron chi connectivity index (χ3n) is 9.55. The Kier molecular flexibility index (Phi) is 14.0. The summed E-state index contributed by atoms with van der Waals surface area (Å²) in [6.07, 6.45) is 4.51. The van der Waals surface area contributed by atoms with Gasteiger partial charge < -0.3 is 19.6 Å². The van der Waals surface area contributed by atoms with Gasteiger partial charge in [-0.05, 0) is 87.3 Å². The van der Waals surface area contributed by atoms with E-state index in [0.29, 0.717) is 0 Å². The topological polar surface area (TPSA) is 19.4 Å². The second kappa shape index (κ2) is 19.0. The number of nitrogens with zero attached hydrogens (tertiary/aromatic N) is 6. The summed E-state index contributed by atoms with van der Waals surface area (Å²) < 4.78 is 0. The van der Waals surface area contributed by atoms with Crippen LogP contribution < -0.4 is 19.6 Å². The fourth-order valence-corrected chi connectivity index (χ4v) is 7.28. The standard InChI is InChI=1S/C40H48N6.2ClH.Pd/c1-3-15-35(16-4-1)31-41-23-11-27-43-33-45(39-21-9-7-19-37(39)43)29-13-25-42(32-36-17-5-2-6-18-36)26-14-30-46-34-44(28-12-24-41)38-20-8-10-22-40(38)46;;;/h1-10,15-22,33-34H,11-14,23-32H2;2*1H;/q-2;;;+2/p-2. The Labute approximate surface area is 310 Å². The summed E-state index contributed by atoms with van der Waals surface area (Å²) in [7, 11) is 9.63. The van der Waals surface area contributed by atoms with Crippen LogP contribution >= 0.6 is 19.1 Å². The number of rotatable bonds is 4. The van der Waals surface area contributed by atoms with Crippen LogP contribution in [-0.2, 0) is 29.0 Å². The predicted molar refractivity (Wildman–Crippen MR) is 204 cm³/mol. The molecule has 3 aliphatic heterocycles. The van der Waals surface area contributed by atoms with Crippen LogP contribution in [0.2, 0.25) is 0 Å². The summed E-state index contributed by atoms with van der Waals surface area (Å²) in [5, 5.41) is 0. The van der Waals surface area contributed by atoms with Crippen molar-refractivity contribution in [3.8, 4) is 0 Å². The Morgan fingerprint density at radius 2 is 0.673 bits per heavy atom. The minimum Gasteiger partial charge on any atom is -0.502 e. The van der Waals surface area contributed by atoms with Crippen molar-refractivity contribution in [1.82, 2.24) is 9.80 Å². The molecule has 4 aromatic rings. The summed E-state index contributed by atoms with van der Waals surface area (Å²) in [4.78, 5) is 15.3. The third kappa shape index (κ3) is 10.2. The molecule has 264 valence electrons. The molecular formula is C40H48Cl2N6Pd-2. The summed E-state index contributed by atoms with van der Waals surface area (Å²) >= 11 is -0.106. The zero-order valence-electron chi connectivity index (χ0n) is 28.2. The normalized spacial score (nSPS) is 18.1. The number of para-hydroxylation sites is 4. The molecule has 7 rings (SSSR count). The van der Waals surface area contributed by atoms with Crippen molar-refractivity contribution < 1.29 is 15.9 Å². The van der Waals surface area contributed by atoms with Crippen LogP contribution in [0.3, 0.4) is 0 Å². The van der Waals surface area contributed by atoms with Crippen molar-refractivity contribution in [3.63, 3.8) is 0 Å². The average molecular weight is 790 g/mol. The van der Waals surface area contributed by atoms with Crippen molar-refractivity contribution in [2.45, 2.75) is 38.8 Å². The molecule has 0 saturated carbocycles. The predicted octanol–water partition coefficient (Wildman–Crippen LogP) is 8.83. The SMILES string of the molecule is [Cl][Pd][Cl].c1ccc(CN2CCCN3[CH-]N(CCCN(Cc4ccccc4)CCCN4[CH-]N(CCC2)c2ccccc24)c2ccccc23)cc1. The molecule has 1 fully saturated rings. The molecule has 6 nitrogen and oxygen atoms in total. The van der Waals surface area contributed by atoms with E-state index in [-0.39, 0.29) is 15.9 Å². The first-order valence-electron chi connectivity index (χ1n) is 17.5. The Hall–Kier alpha value is -2.76. The van der Waals surface area contributed by atoms with Gasteiger partial charge in [-0.25, -0.2) is 0 Å². The summed E-state index contributed by atoms with van der Waals surface area (Å²) in [5.41, 5.74) is 8.17. The smallest absolute Gasteiger partial charge is 0.0299 e. The zero-order valence-corrected chi connectivity index (χ0v) is 31.3. The van der Waals surface area contributed by atoms with Gasteiger partial charge in [-0.15, -0.1) is 0 Å². The van der Waals surface area contributed by atoms with Gasteiger partial charge in [-0.1, -0.05) is 84.9 Å². The maximum absolute atomic E-state index is 4.81. The van der Waals surface area contributed by atoms with Gasteiger partial charge in [-0.2, -0.15) is 13.3 Å². The number of fused-ring (bicyclic) bond motifs is 10. The molecule has 0 aromatic heterocycles. The molecule has 0 aliphatic carbocycles. The minimum absolute atomic E-state index is 0.106. The van der Waals surface area contributed by atoms with E-state index in [2.05, 4.69) is 152 Å². The second-order valence-electron chi connectivity index (χ2n) is 13.0. The van der Waals surface area contributed by atoms with Gasteiger partial charge in [0.25, 0.3) is 0 Å². The Balaban J connectivity index is 0.00000134. The molecule has 49 heavy (non-hydrogen) atoms. The largest absolute Gasteiger partial charge is 0.502 e. The van der Waals surface area contributed by atoms with Crippen LogP contribution in [0.4, 0.5) is 22.7 Å². The Morgan fingerprint density at radius 1 is 0.408 bits per heavy atom. The van der Waals surface area contributed by atoms with Crippen LogP contribution in [0.1, 0.15) is 36.8 Å². The molecule has 0 N–H and O–H groups in total. The van der Waals surface area contributed by atoms with E-state index in [9.17, 15) is 0 Å². The molecule has 0 unspecified atom stereocenters. The van der Waals surface area contributed by atoms with Gasteiger partial charge in [0.15, 0.2) is 0 Å². The van der Waals surface area contributed by atoms with E-state index < -0.39 is 0 Å². The van der Waals surface area contributed by atoms with Crippen LogP contribution in [0.15, 0.2) is 109 Å². The van der Waals surface area contributed by atoms with Crippen molar-refractivity contribution >= 4 is 41.8 Å². The van der Waals surface area contributed by atoms with Gasteiger partial charge in [0, 0.05) is 62.0 Å². The molecule has 0 atom stereocenters. The van der Waals surface area contributed by atoms with E-state index in [1.165, 1.54) is 33.9 Å². The molecule has 9 heteroatoms. The molecule has 3 heterocycles. The van der Waals surface area contributed by atoms with Crippen molar-refractivity contribution in [2.75, 3.05) is 72.0 Å². The monoisotopic (exact) mass is 788 g/mol. The van der Waals surface area contributed by atoms with Crippen molar-refractivity contribution in [1.29, 1.82) is 0 Å². The summed E-state index contributed by atoms with van der Waals surface area (Å²) in [6.45, 7) is 15.2. The van der Waals surface area contributed by atoms with E-state index in [1.54, 1.807) is 0 Å². The number of anilines is 4. The van der Waals surface area contributed by atoms with Gasteiger partial charge in [-0.3, -0.25) is 9.80 Å². The van der Waals surface area contributed by atoms with Gasteiger partial charge in [0.1, 0.15) is 0 Å². The van der Waals surface area contributed by atoms with Crippen LogP contribution in [-0.4, -0.2) is 62.2 Å². The number of hydrogen-bond acceptors (Lipinski definition) is 6. The fourth-order valence-electron chi connectivity index (χ4n) is 7.28. The minimum atomic E-state index is -0.106. The van der Waals surface area contributed by atoms with Crippen LogP contribution in [0.25, 0.3) is 0 Å². The number of hydrogen-bond donors (Lipinski definition) is 0.